The first-order valence-corrected chi connectivity index (χ1v) is 12.6. The second-order valence-electron chi connectivity index (χ2n) is 10.1. The summed E-state index contributed by atoms with van der Waals surface area (Å²) in [5.74, 6) is -1.58. The normalized spacial score (nSPS) is 12.6. The fourth-order valence-corrected chi connectivity index (χ4v) is 3.90. The van der Waals surface area contributed by atoms with Gasteiger partial charge in [-0.15, -0.1) is 11.8 Å². The van der Waals surface area contributed by atoms with E-state index in [1.807, 2.05) is 22.8 Å². The lowest BCUT2D eigenvalue weighted by Gasteiger charge is -2.25. The molecule has 1 unspecified atom stereocenters. The predicted molar refractivity (Wildman–Crippen MR) is 134 cm³/mol. The van der Waals surface area contributed by atoms with Crippen molar-refractivity contribution in [2.45, 2.75) is 77.0 Å². The van der Waals surface area contributed by atoms with Crippen LogP contribution in [0.1, 0.15) is 64.9 Å². The number of hydrogen-bond donors (Lipinski definition) is 0. The monoisotopic (exact) mass is 504 g/mol. The molecule has 1 atom stereocenters. The molecule has 1 aromatic carbocycles. The standard InChI is InChI=1S/C26H36N2O6S/c1-25(2,3)33-22(29)16-19(23(30)34-26(4,5)6)12-14-32-24(31)21-17-28(18-27-21)13-15-35-20-10-8-7-9-11-20/h7-11,17-19H,12-16H2,1-6H3. The van der Waals surface area contributed by atoms with Gasteiger partial charge < -0.3 is 18.8 Å². The van der Waals surface area contributed by atoms with Crippen molar-refractivity contribution in [3.8, 4) is 0 Å². The average molecular weight is 505 g/mol. The summed E-state index contributed by atoms with van der Waals surface area (Å²) in [6.45, 7) is 11.2. The van der Waals surface area contributed by atoms with Crippen LogP contribution in [0.15, 0.2) is 47.8 Å². The molecule has 0 saturated carbocycles. The van der Waals surface area contributed by atoms with Crippen LogP contribution in [0.2, 0.25) is 0 Å². The van der Waals surface area contributed by atoms with Crippen molar-refractivity contribution in [3.63, 3.8) is 0 Å². The molecule has 35 heavy (non-hydrogen) atoms. The smallest absolute Gasteiger partial charge is 0.358 e. The maximum absolute atomic E-state index is 12.6. The van der Waals surface area contributed by atoms with Crippen LogP contribution in [0.25, 0.3) is 0 Å². The van der Waals surface area contributed by atoms with Crippen LogP contribution in [0.4, 0.5) is 0 Å². The van der Waals surface area contributed by atoms with Gasteiger partial charge in [0.25, 0.3) is 0 Å². The van der Waals surface area contributed by atoms with E-state index in [4.69, 9.17) is 14.2 Å². The van der Waals surface area contributed by atoms with Crippen LogP contribution in [-0.4, -0.2) is 51.0 Å². The molecule has 0 saturated heterocycles. The Morgan fingerprint density at radius 3 is 2.29 bits per heavy atom. The molecular weight excluding hydrogens is 468 g/mol. The lowest BCUT2D eigenvalue weighted by Crippen LogP contribution is -2.32. The molecule has 0 spiro atoms. The number of imidazole rings is 1. The van der Waals surface area contributed by atoms with Crippen LogP contribution in [0, 0.1) is 5.92 Å². The molecule has 8 nitrogen and oxygen atoms in total. The Hall–Kier alpha value is -2.81. The van der Waals surface area contributed by atoms with Gasteiger partial charge in [0.1, 0.15) is 11.2 Å². The molecule has 0 aliphatic heterocycles. The zero-order chi connectivity index (χ0) is 26.1. The Balaban J connectivity index is 1.86. The molecule has 0 aliphatic rings. The van der Waals surface area contributed by atoms with E-state index < -0.39 is 35.0 Å². The molecule has 0 bridgehead atoms. The molecule has 0 amide bonds. The first-order valence-electron chi connectivity index (χ1n) is 11.6. The van der Waals surface area contributed by atoms with Crippen LogP contribution in [0.5, 0.6) is 0 Å². The summed E-state index contributed by atoms with van der Waals surface area (Å²) in [7, 11) is 0. The van der Waals surface area contributed by atoms with Gasteiger partial charge in [0.15, 0.2) is 5.69 Å². The first kappa shape index (κ1) is 28.4. The zero-order valence-corrected chi connectivity index (χ0v) is 22.2. The largest absolute Gasteiger partial charge is 0.461 e. The summed E-state index contributed by atoms with van der Waals surface area (Å²) in [4.78, 5) is 42.6. The van der Waals surface area contributed by atoms with Gasteiger partial charge in [-0.2, -0.15) is 0 Å². The quantitative estimate of drug-likeness (QED) is 0.242. The van der Waals surface area contributed by atoms with Crippen molar-refractivity contribution in [2.75, 3.05) is 12.4 Å². The number of rotatable bonds is 11. The van der Waals surface area contributed by atoms with E-state index in [-0.39, 0.29) is 25.1 Å². The molecule has 0 radical (unpaired) electrons. The van der Waals surface area contributed by atoms with Crippen molar-refractivity contribution < 1.29 is 28.6 Å². The summed E-state index contributed by atoms with van der Waals surface area (Å²) >= 11 is 1.72. The van der Waals surface area contributed by atoms with Crippen LogP contribution in [0.3, 0.4) is 0 Å². The molecule has 0 aliphatic carbocycles. The van der Waals surface area contributed by atoms with Crippen LogP contribution >= 0.6 is 11.8 Å². The lowest BCUT2D eigenvalue weighted by atomic mass is 10.0. The summed E-state index contributed by atoms with van der Waals surface area (Å²) in [6, 6.07) is 10.1. The van der Waals surface area contributed by atoms with E-state index in [0.29, 0.717) is 6.54 Å². The number of ether oxygens (including phenoxy) is 3. The molecule has 0 fully saturated rings. The van der Waals surface area contributed by atoms with Crippen molar-refractivity contribution in [1.82, 2.24) is 9.55 Å². The van der Waals surface area contributed by atoms with Crippen LogP contribution < -0.4 is 0 Å². The third-order valence-corrected chi connectivity index (χ3v) is 5.47. The Labute approximate surface area is 211 Å². The summed E-state index contributed by atoms with van der Waals surface area (Å²) in [5, 5.41) is 0. The van der Waals surface area contributed by atoms with Crippen molar-refractivity contribution in [3.05, 3.63) is 48.5 Å². The van der Waals surface area contributed by atoms with Crippen molar-refractivity contribution >= 4 is 29.7 Å². The number of hydrogen-bond acceptors (Lipinski definition) is 8. The average Bonchev–Trinajstić information content (AvgIpc) is 3.20. The van der Waals surface area contributed by atoms with E-state index >= 15 is 0 Å². The zero-order valence-electron chi connectivity index (χ0n) is 21.4. The van der Waals surface area contributed by atoms with Gasteiger partial charge in [-0.05, 0) is 60.1 Å². The summed E-state index contributed by atoms with van der Waals surface area (Å²) in [5.41, 5.74) is -1.18. The van der Waals surface area contributed by atoms with Crippen LogP contribution in [-0.2, 0) is 30.3 Å². The van der Waals surface area contributed by atoms with E-state index in [1.165, 1.54) is 4.90 Å². The van der Waals surface area contributed by atoms with Crippen molar-refractivity contribution in [1.29, 1.82) is 0 Å². The maximum Gasteiger partial charge on any atom is 0.358 e. The number of carbonyl (C=O) groups is 3. The van der Waals surface area contributed by atoms with E-state index in [9.17, 15) is 14.4 Å². The number of thioether (sulfide) groups is 1. The summed E-state index contributed by atoms with van der Waals surface area (Å²) < 4.78 is 17.9. The Kier molecular flexibility index (Phi) is 10.4. The number of carbonyl (C=O) groups excluding carboxylic acids is 3. The van der Waals surface area contributed by atoms with Gasteiger partial charge in [0.05, 0.1) is 25.3 Å². The highest BCUT2D eigenvalue weighted by atomic mass is 32.2. The highest BCUT2D eigenvalue weighted by Crippen LogP contribution is 2.20. The first-order chi connectivity index (χ1) is 16.3. The third kappa shape index (κ3) is 11.4. The highest BCUT2D eigenvalue weighted by molar-refractivity contribution is 7.99. The number of aryl methyl sites for hydroxylation is 1. The predicted octanol–water partition coefficient (Wildman–Crippen LogP) is 4.91. The SMILES string of the molecule is CC(C)(C)OC(=O)CC(CCOC(=O)c1cn(CCSc2ccccc2)cn1)C(=O)OC(C)(C)C. The molecule has 0 N–H and O–H groups in total. The molecular formula is C26H36N2O6S. The Morgan fingerprint density at radius 2 is 1.66 bits per heavy atom. The van der Waals surface area contributed by atoms with Gasteiger partial charge in [-0.3, -0.25) is 9.59 Å². The second-order valence-corrected chi connectivity index (χ2v) is 11.3. The number of benzene rings is 1. The molecule has 9 heteroatoms. The van der Waals surface area contributed by atoms with E-state index in [2.05, 4.69) is 17.1 Å². The Bertz CT molecular complexity index is 976. The van der Waals surface area contributed by atoms with Gasteiger partial charge in [-0.1, -0.05) is 18.2 Å². The number of nitrogens with zero attached hydrogens (tertiary/aromatic N) is 2. The highest BCUT2D eigenvalue weighted by Gasteiger charge is 2.30. The molecule has 2 rings (SSSR count). The second kappa shape index (κ2) is 12.8. The number of aromatic nitrogens is 2. The van der Waals surface area contributed by atoms with Gasteiger partial charge >= 0.3 is 17.9 Å². The van der Waals surface area contributed by atoms with Gasteiger partial charge in [0, 0.05) is 23.4 Å². The van der Waals surface area contributed by atoms with E-state index in [0.717, 1.165) is 5.75 Å². The molecule has 192 valence electrons. The number of esters is 3. The van der Waals surface area contributed by atoms with Crippen molar-refractivity contribution in [2.24, 2.45) is 5.92 Å². The fraction of sp³-hybridized carbons (Fsp3) is 0.538. The molecule has 1 heterocycles. The van der Waals surface area contributed by atoms with E-state index in [1.54, 1.807) is 65.8 Å². The minimum atomic E-state index is -0.788. The topological polar surface area (TPSA) is 96.7 Å². The molecule has 1 aromatic heterocycles. The minimum Gasteiger partial charge on any atom is -0.461 e. The fourth-order valence-electron chi connectivity index (χ4n) is 3.01. The lowest BCUT2D eigenvalue weighted by molar-refractivity contribution is -0.167. The summed E-state index contributed by atoms with van der Waals surface area (Å²) in [6.07, 6.45) is 3.21. The third-order valence-electron chi connectivity index (χ3n) is 4.48. The molecule has 2 aromatic rings. The van der Waals surface area contributed by atoms with Gasteiger partial charge in [-0.25, -0.2) is 9.78 Å². The van der Waals surface area contributed by atoms with Gasteiger partial charge in [0.2, 0.25) is 0 Å². The Morgan fingerprint density at radius 1 is 1.00 bits per heavy atom. The minimum absolute atomic E-state index is 0.0533. The maximum atomic E-state index is 12.6.